The maximum atomic E-state index is 11.2. The first kappa shape index (κ1) is 22.1. The first-order valence-electron chi connectivity index (χ1n) is 8.51. The van der Waals surface area contributed by atoms with E-state index in [1.54, 1.807) is 6.92 Å². The number of aliphatic hydroxyl groups is 2. The third-order valence-electron chi connectivity index (χ3n) is 4.38. The summed E-state index contributed by atoms with van der Waals surface area (Å²) in [4.78, 5) is 11.2. The van der Waals surface area contributed by atoms with Gasteiger partial charge in [-0.1, -0.05) is 18.9 Å². The van der Waals surface area contributed by atoms with Crippen molar-refractivity contribution in [3.05, 3.63) is 12.7 Å². The zero-order chi connectivity index (χ0) is 17.6. The van der Waals surface area contributed by atoms with Crippen LogP contribution in [0.25, 0.3) is 0 Å². The van der Waals surface area contributed by atoms with Crippen molar-refractivity contribution in [3.8, 4) is 0 Å². The maximum Gasteiger partial charge on any atom is 0.126 e. The number of allylic oxidation sites excluding steroid dienone is 1. The Morgan fingerprint density at radius 3 is 2.26 bits per heavy atom. The lowest BCUT2D eigenvalue weighted by Gasteiger charge is -2.43. The smallest absolute Gasteiger partial charge is 0.126 e. The molecule has 1 atom stereocenters. The molecule has 0 aliphatic heterocycles. The molecule has 0 bridgehead atoms. The van der Waals surface area contributed by atoms with Crippen LogP contribution in [-0.4, -0.2) is 72.8 Å². The Morgan fingerprint density at radius 1 is 1.13 bits per heavy atom. The number of hydrogen-bond donors (Lipinski definition) is 2. The number of nitrogens with zero attached hydrogens (tertiary/aromatic N) is 1. The van der Waals surface area contributed by atoms with Crippen molar-refractivity contribution in [2.24, 2.45) is 0 Å². The molecule has 0 aliphatic carbocycles. The molecule has 0 fully saturated rings. The molecule has 0 rings (SSSR count). The average Bonchev–Trinajstić information content (AvgIpc) is 2.52. The van der Waals surface area contributed by atoms with Gasteiger partial charge in [-0.05, 0) is 26.2 Å². The number of quaternary nitrogens is 1. The first-order chi connectivity index (χ1) is 11.0. The van der Waals surface area contributed by atoms with Gasteiger partial charge < -0.3 is 29.3 Å². The van der Waals surface area contributed by atoms with Crippen LogP contribution in [0.1, 0.15) is 39.0 Å². The molecular formula is C17H33NO5. The number of carboxylic acid groups (broad SMARTS) is 1. The molecule has 0 amide bonds. The number of carbonyl (C=O) groups is 1. The summed E-state index contributed by atoms with van der Waals surface area (Å²) in [5.41, 5.74) is 0. The fourth-order valence-electron chi connectivity index (χ4n) is 2.73. The van der Waals surface area contributed by atoms with Gasteiger partial charge in [0.25, 0.3) is 0 Å². The molecule has 0 radical (unpaired) electrons. The molecule has 23 heavy (non-hydrogen) atoms. The van der Waals surface area contributed by atoms with Crippen LogP contribution in [0.2, 0.25) is 0 Å². The summed E-state index contributed by atoms with van der Waals surface area (Å²) < 4.78 is 5.68. The average molecular weight is 331 g/mol. The summed E-state index contributed by atoms with van der Waals surface area (Å²) in [6.45, 7) is 6.99. The normalized spacial score (nSPS) is 13.0. The molecular weight excluding hydrogens is 298 g/mol. The highest BCUT2D eigenvalue weighted by atomic mass is 16.5. The van der Waals surface area contributed by atoms with Gasteiger partial charge >= 0.3 is 0 Å². The number of carbonyl (C=O) groups excluding carboxylic acids is 1. The number of aliphatic hydroxyl groups excluding tert-OH is 2. The Kier molecular flexibility index (Phi) is 12.9. The van der Waals surface area contributed by atoms with Crippen LogP contribution in [0.15, 0.2) is 12.7 Å². The molecule has 136 valence electrons. The maximum absolute atomic E-state index is 11.2. The van der Waals surface area contributed by atoms with Crippen LogP contribution in [0.5, 0.6) is 0 Å². The Hall–Kier alpha value is -0.950. The zero-order valence-electron chi connectivity index (χ0n) is 14.4. The molecule has 0 aliphatic rings. The van der Waals surface area contributed by atoms with Crippen LogP contribution in [-0.2, 0) is 9.53 Å². The molecule has 1 unspecified atom stereocenters. The minimum atomic E-state index is -1.17. The number of ether oxygens (including phenoxy) is 1. The molecule has 0 aromatic rings. The van der Waals surface area contributed by atoms with Crippen molar-refractivity contribution >= 4 is 5.97 Å². The molecule has 6 heteroatoms. The van der Waals surface area contributed by atoms with Crippen molar-refractivity contribution in [1.82, 2.24) is 0 Å². The van der Waals surface area contributed by atoms with E-state index in [1.807, 2.05) is 6.08 Å². The van der Waals surface area contributed by atoms with E-state index in [2.05, 4.69) is 6.58 Å². The van der Waals surface area contributed by atoms with Gasteiger partial charge in [0.2, 0.25) is 0 Å². The van der Waals surface area contributed by atoms with Gasteiger partial charge in [-0.2, -0.15) is 0 Å². The highest BCUT2D eigenvalue weighted by Crippen LogP contribution is 2.13. The Bertz CT molecular complexity index is 316. The second-order valence-electron chi connectivity index (χ2n) is 5.94. The molecule has 0 aromatic heterocycles. The molecule has 0 saturated heterocycles. The van der Waals surface area contributed by atoms with E-state index < -0.39 is 12.0 Å². The predicted molar refractivity (Wildman–Crippen MR) is 87.6 cm³/mol. The summed E-state index contributed by atoms with van der Waals surface area (Å²) in [5.74, 6) is -1.17. The summed E-state index contributed by atoms with van der Waals surface area (Å²) in [5, 5.41) is 29.7. The van der Waals surface area contributed by atoms with Crippen molar-refractivity contribution in [2.45, 2.75) is 45.1 Å². The number of carboxylic acids is 1. The standard InChI is InChI=1S/C17H33NO5/c1-3-4-5-6-7-8-14-23-15-11-18(9-12-19,10-13-20)16(2)17(21)22/h3,16,19-20H,1,4-15H2,2H3. The van der Waals surface area contributed by atoms with E-state index in [4.69, 9.17) is 4.74 Å². The number of hydrogen-bond acceptors (Lipinski definition) is 5. The van der Waals surface area contributed by atoms with Crippen molar-refractivity contribution in [2.75, 3.05) is 46.1 Å². The van der Waals surface area contributed by atoms with Crippen LogP contribution >= 0.6 is 0 Å². The molecule has 0 saturated carbocycles. The molecule has 6 nitrogen and oxygen atoms in total. The highest BCUT2D eigenvalue weighted by Gasteiger charge is 2.33. The van der Waals surface area contributed by atoms with Crippen molar-refractivity contribution in [3.63, 3.8) is 0 Å². The lowest BCUT2D eigenvalue weighted by molar-refractivity contribution is -0.944. The lowest BCUT2D eigenvalue weighted by atomic mass is 10.1. The predicted octanol–water partition coefficient (Wildman–Crippen LogP) is 0.0793. The number of rotatable bonds is 16. The van der Waals surface area contributed by atoms with Crippen LogP contribution < -0.4 is 5.11 Å². The van der Waals surface area contributed by atoms with Crippen molar-refractivity contribution < 1.29 is 29.3 Å². The van der Waals surface area contributed by atoms with Crippen LogP contribution in [0.3, 0.4) is 0 Å². The van der Waals surface area contributed by atoms with E-state index in [9.17, 15) is 20.1 Å². The molecule has 0 heterocycles. The second kappa shape index (κ2) is 13.5. The van der Waals surface area contributed by atoms with Gasteiger partial charge in [-0.3, -0.25) is 0 Å². The van der Waals surface area contributed by atoms with Gasteiger partial charge in [0, 0.05) is 6.61 Å². The largest absolute Gasteiger partial charge is 0.544 e. The summed E-state index contributed by atoms with van der Waals surface area (Å²) >= 11 is 0. The van der Waals surface area contributed by atoms with E-state index in [0.717, 1.165) is 32.1 Å². The monoisotopic (exact) mass is 331 g/mol. The third kappa shape index (κ3) is 9.05. The van der Waals surface area contributed by atoms with Gasteiger partial charge in [-0.15, -0.1) is 6.58 Å². The van der Waals surface area contributed by atoms with Crippen LogP contribution in [0, 0.1) is 0 Å². The number of unbranched alkanes of at least 4 members (excludes halogenated alkanes) is 4. The van der Waals surface area contributed by atoms with E-state index >= 15 is 0 Å². The third-order valence-corrected chi connectivity index (χ3v) is 4.38. The Balaban J connectivity index is 4.18. The zero-order valence-corrected chi connectivity index (χ0v) is 14.4. The highest BCUT2D eigenvalue weighted by molar-refractivity contribution is 5.69. The van der Waals surface area contributed by atoms with Gasteiger partial charge in [-0.25, -0.2) is 0 Å². The van der Waals surface area contributed by atoms with Gasteiger partial charge in [0.15, 0.2) is 0 Å². The van der Waals surface area contributed by atoms with Gasteiger partial charge in [0.1, 0.15) is 25.7 Å². The minimum absolute atomic E-state index is 0.0780. The quantitative estimate of drug-likeness (QED) is 0.237. The first-order valence-corrected chi connectivity index (χ1v) is 8.51. The van der Waals surface area contributed by atoms with E-state index in [-0.39, 0.29) is 30.8 Å². The summed E-state index contributed by atoms with van der Waals surface area (Å²) in [6, 6.07) is -0.795. The van der Waals surface area contributed by atoms with Crippen LogP contribution in [0.4, 0.5) is 0 Å². The molecule has 2 N–H and O–H groups in total. The summed E-state index contributed by atoms with van der Waals surface area (Å²) in [7, 11) is 0. The van der Waals surface area contributed by atoms with Crippen molar-refractivity contribution in [1.29, 1.82) is 0 Å². The number of aliphatic carboxylic acids is 1. The van der Waals surface area contributed by atoms with E-state index in [1.165, 1.54) is 0 Å². The Labute approximate surface area is 140 Å². The molecule has 0 spiro atoms. The fraction of sp³-hybridized carbons (Fsp3) is 0.824. The Morgan fingerprint density at radius 2 is 1.74 bits per heavy atom. The topological polar surface area (TPSA) is 89.8 Å². The molecule has 0 aromatic carbocycles. The summed E-state index contributed by atoms with van der Waals surface area (Å²) in [6.07, 6.45) is 7.37. The van der Waals surface area contributed by atoms with Gasteiger partial charge in [0.05, 0.1) is 25.8 Å². The van der Waals surface area contributed by atoms with E-state index in [0.29, 0.717) is 19.8 Å². The lowest BCUT2D eigenvalue weighted by Crippen LogP contribution is -2.63. The second-order valence-corrected chi connectivity index (χ2v) is 5.94. The minimum Gasteiger partial charge on any atom is -0.544 e. The SMILES string of the molecule is C=CCCCCCCOCC[N+](CCO)(CCO)C(C)C(=O)[O-]. The fourth-order valence-corrected chi connectivity index (χ4v) is 2.73.